The molecule has 0 amide bonds. The second-order valence-electron chi connectivity index (χ2n) is 6.44. The Morgan fingerprint density at radius 3 is 2.30 bits per heavy atom. The molecule has 2 aliphatic rings. The third-order valence-corrected chi connectivity index (χ3v) is 4.89. The van der Waals surface area contributed by atoms with Gasteiger partial charge in [-0.2, -0.15) is 0 Å². The number of nitrogens with two attached hydrogens (primary N) is 1. The third kappa shape index (κ3) is 3.22. The van der Waals surface area contributed by atoms with Gasteiger partial charge in [-0.25, -0.2) is 0 Å². The summed E-state index contributed by atoms with van der Waals surface area (Å²) in [7, 11) is 0. The molecule has 1 aliphatic carbocycles. The molecule has 0 unspecified atom stereocenters. The maximum atomic E-state index is 6.60. The van der Waals surface area contributed by atoms with Gasteiger partial charge in [0.2, 0.25) is 0 Å². The van der Waals surface area contributed by atoms with E-state index in [9.17, 15) is 0 Å². The highest BCUT2D eigenvalue weighted by Gasteiger charge is 2.29. The van der Waals surface area contributed by atoms with Gasteiger partial charge in [0.25, 0.3) is 0 Å². The molecule has 20 heavy (non-hydrogen) atoms. The molecule has 3 N–H and O–H groups in total. The smallest absolute Gasteiger partial charge is 0.0409 e. The number of piperazine rings is 1. The van der Waals surface area contributed by atoms with Gasteiger partial charge in [0.15, 0.2) is 0 Å². The van der Waals surface area contributed by atoms with Crippen LogP contribution < -0.4 is 11.1 Å². The summed E-state index contributed by atoms with van der Waals surface area (Å²) in [6, 6.07) is 9.09. The van der Waals surface area contributed by atoms with Gasteiger partial charge in [-0.3, -0.25) is 4.90 Å². The van der Waals surface area contributed by atoms with Crippen molar-refractivity contribution in [3.63, 3.8) is 0 Å². The zero-order chi connectivity index (χ0) is 13.8. The van der Waals surface area contributed by atoms with E-state index in [-0.39, 0.29) is 5.54 Å². The SMILES string of the molecule is NC1(c2ccc(CN3CCNCC3)cc2)CCCCC1. The van der Waals surface area contributed by atoms with Crippen molar-refractivity contribution in [2.75, 3.05) is 26.2 Å². The van der Waals surface area contributed by atoms with Crippen LogP contribution in [0.1, 0.15) is 43.2 Å². The Kier molecular flexibility index (Phi) is 4.39. The topological polar surface area (TPSA) is 41.3 Å². The molecule has 1 aliphatic heterocycles. The van der Waals surface area contributed by atoms with Crippen molar-refractivity contribution in [3.05, 3.63) is 35.4 Å². The second-order valence-corrected chi connectivity index (χ2v) is 6.44. The average molecular weight is 273 g/mol. The molecule has 1 saturated carbocycles. The predicted molar refractivity (Wildman–Crippen MR) is 83.5 cm³/mol. The minimum atomic E-state index is -0.0637. The molecule has 1 aromatic rings. The molecular formula is C17H27N3. The minimum absolute atomic E-state index is 0.0637. The van der Waals surface area contributed by atoms with Crippen molar-refractivity contribution < 1.29 is 0 Å². The van der Waals surface area contributed by atoms with Crippen LogP contribution in [0.2, 0.25) is 0 Å². The van der Waals surface area contributed by atoms with E-state index in [4.69, 9.17) is 5.73 Å². The molecule has 3 rings (SSSR count). The molecule has 1 aromatic carbocycles. The van der Waals surface area contributed by atoms with Crippen molar-refractivity contribution in [2.45, 2.75) is 44.2 Å². The third-order valence-electron chi connectivity index (χ3n) is 4.89. The highest BCUT2D eigenvalue weighted by molar-refractivity contribution is 5.28. The molecule has 0 spiro atoms. The van der Waals surface area contributed by atoms with Crippen LogP contribution in [0.5, 0.6) is 0 Å². The first kappa shape index (κ1) is 14.1. The normalized spacial score (nSPS) is 23.6. The van der Waals surface area contributed by atoms with Crippen LogP contribution in [0.25, 0.3) is 0 Å². The van der Waals surface area contributed by atoms with Crippen LogP contribution in [-0.2, 0) is 12.1 Å². The Morgan fingerprint density at radius 2 is 1.65 bits per heavy atom. The van der Waals surface area contributed by atoms with Gasteiger partial charge in [0, 0.05) is 38.3 Å². The first-order chi connectivity index (χ1) is 9.76. The number of rotatable bonds is 3. The van der Waals surface area contributed by atoms with E-state index in [0.717, 1.165) is 45.6 Å². The molecule has 2 fully saturated rings. The van der Waals surface area contributed by atoms with E-state index in [1.165, 1.54) is 30.4 Å². The summed E-state index contributed by atoms with van der Waals surface area (Å²) in [6.45, 7) is 5.61. The Labute approximate surface area is 122 Å². The quantitative estimate of drug-likeness (QED) is 0.887. The molecule has 3 nitrogen and oxygen atoms in total. The molecule has 110 valence electrons. The molecule has 0 radical (unpaired) electrons. The standard InChI is InChI=1S/C17H27N3/c18-17(8-2-1-3-9-17)16-6-4-15(5-7-16)14-20-12-10-19-11-13-20/h4-7,19H,1-3,8-14,18H2. The lowest BCUT2D eigenvalue weighted by molar-refractivity contribution is 0.233. The Bertz CT molecular complexity index is 414. The molecular weight excluding hydrogens is 246 g/mol. The van der Waals surface area contributed by atoms with E-state index >= 15 is 0 Å². The van der Waals surface area contributed by atoms with E-state index in [1.54, 1.807) is 0 Å². The zero-order valence-electron chi connectivity index (χ0n) is 12.4. The van der Waals surface area contributed by atoms with Crippen LogP contribution in [-0.4, -0.2) is 31.1 Å². The van der Waals surface area contributed by atoms with Crippen LogP contribution in [0.3, 0.4) is 0 Å². The van der Waals surface area contributed by atoms with Gasteiger partial charge in [0.1, 0.15) is 0 Å². The summed E-state index contributed by atoms with van der Waals surface area (Å²) in [5.74, 6) is 0. The first-order valence-electron chi connectivity index (χ1n) is 8.08. The van der Waals surface area contributed by atoms with Crippen molar-refractivity contribution in [1.29, 1.82) is 0 Å². The fourth-order valence-corrected chi connectivity index (χ4v) is 3.54. The zero-order valence-corrected chi connectivity index (χ0v) is 12.4. The number of hydrogen-bond acceptors (Lipinski definition) is 3. The second kappa shape index (κ2) is 6.25. The largest absolute Gasteiger partial charge is 0.321 e. The van der Waals surface area contributed by atoms with Gasteiger partial charge in [0.05, 0.1) is 0 Å². The average Bonchev–Trinajstić information content (AvgIpc) is 2.50. The summed E-state index contributed by atoms with van der Waals surface area (Å²) < 4.78 is 0. The minimum Gasteiger partial charge on any atom is -0.321 e. The van der Waals surface area contributed by atoms with Crippen LogP contribution in [0, 0.1) is 0 Å². The molecule has 3 heteroatoms. The van der Waals surface area contributed by atoms with Gasteiger partial charge in [-0.05, 0) is 24.0 Å². The molecule has 1 saturated heterocycles. The number of benzene rings is 1. The van der Waals surface area contributed by atoms with Gasteiger partial charge in [-0.1, -0.05) is 43.5 Å². The Hall–Kier alpha value is -0.900. The van der Waals surface area contributed by atoms with Gasteiger partial charge < -0.3 is 11.1 Å². The lowest BCUT2D eigenvalue weighted by Gasteiger charge is -2.34. The molecule has 0 bridgehead atoms. The van der Waals surface area contributed by atoms with Crippen molar-refractivity contribution >= 4 is 0 Å². The fourth-order valence-electron chi connectivity index (χ4n) is 3.54. The summed E-state index contributed by atoms with van der Waals surface area (Å²) in [5.41, 5.74) is 9.28. The maximum absolute atomic E-state index is 6.60. The van der Waals surface area contributed by atoms with E-state index in [0.29, 0.717) is 0 Å². The summed E-state index contributed by atoms with van der Waals surface area (Å²) in [4.78, 5) is 2.52. The van der Waals surface area contributed by atoms with Crippen LogP contribution in [0.15, 0.2) is 24.3 Å². The van der Waals surface area contributed by atoms with Crippen LogP contribution >= 0.6 is 0 Å². The molecule has 0 aromatic heterocycles. The summed E-state index contributed by atoms with van der Waals surface area (Å²) in [6.07, 6.45) is 6.19. The highest BCUT2D eigenvalue weighted by Crippen LogP contribution is 2.34. The highest BCUT2D eigenvalue weighted by atomic mass is 15.2. The van der Waals surface area contributed by atoms with Crippen molar-refractivity contribution in [3.8, 4) is 0 Å². The van der Waals surface area contributed by atoms with Crippen molar-refractivity contribution in [1.82, 2.24) is 10.2 Å². The summed E-state index contributed by atoms with van der Waals surface area (Å²) in [5, 5.41) is 3.40. The van der Waals surface area contributed by atoms with E-state index in [1.807, 2.05) is 0 Å². The molecule has 1 heterocycles. The summed E-state index contributed by atoms with van der Waals surface area (Å²) >= 11 is 0. The lowest BCUT2D eigenvalue weighted by Crippen LogP contribution is -2.42. The molecule has 0 atom stereocenters. The van der Waals surface area contributed by atoms with E-state index < -0.39 is 0 Å². The van der Waals surface area contributed by atoms with E-state index in [2.05, 4.69) is 34.5 Å². The number of nitrogens with zero attached hydrogens (tertiary/aromatic N) is 1. The Morgan fingerprint density at radius 1 is 1.00 bits per heavy atom. The van der Waals surface area contributed by atoms with Gasteiger partial charge in [-0.15, -0.1) is 0 Å². The first-order valence-corrected chi connectivity index (χ1v) is 8.08. The fraction of sp³-hybridized carbons (Fsp3) is 0.647. The maximum Gasteiger partial charge on any atom is 0.0409 e. The van der Waals surface area contributed by atoms with Crippen LogP contribution in [0.4, 0.5) is 0 Å². The van der Waals surface area contributed by atoms with Gasteiger partial charge >= 0.3 is 0 Å². The monoisotopic (exact) mass is 273 g/mol. The number of nitrogens with one attached hydrogen (secondary N) is 1. The predicted octanol–water partition coefficient (Wildman–Crippen LogP) is 2.21. The van der Waals surface area contributed by atoms with Crippen molar-refractivity contribution in [2.24, 2.45) is 5.73 Å². The Balaban J connectivity index is 1.64. The lowest BCUT2D eigenvalue weighted by atomic mass is 9.77. The number of hydrogen-bond donors (Lipinski definition) is 2.